The van der Waals surface area contributed by atoms with Crippen molar-refractivity contribution in [2.75, 3.05) is 26.9 Å². The normalized spacial score (nSPS) is 14.9. The largest absolute Gasteiger partial charge is 0.466 e. The smallest absolute Gasteiger partial charge is 0.310 e. The highest BCUT2D eigenvalue weighted by atomic mass is 16.5. The Morgan fingerprint density at radius 2 is 2.14 bits per heavy atom. The second-order valence-corrected chi connectivity index (χ2v) is 3.48. The molecular formula is C10H21NO3. The first-order chi connectivity index (χ1) is 6.65. The molecule has 0 heterocycles. The van der Waals surface area contributed by atoms with Crippen LogP contribution in [-0.2, 0) is 14.3 Å². The van der Waals surface area contributed by atoms with Gasteiger partial charge in [-0.05, 0) is 19.3 Å². The molecule has 84 valence electrons. The number of carbonyl (C=O) groups is 1. The van der Waals surface area contributed by atoms with Crippen LogP contribution in [0.1, 0.15) is 20.3 Å². The zero-order valence-corrected chi connectivity index (χ0v) is 9.29. The summed E-state index contributed by atoms with van der Waals surface area (Å²) in [5.74, 6) is -0.0593. The van der Waals surface area contributed by atoms with Crippen molar-refractivity contribution >= 4 is 5.97 Å². The van der Waals surface area contributed by atoms with Gasteiger partial charge >= 0.3 is 5.97 Å². The lowest BCUT2D eigenvalue weighted by Gasteiger charge is -2.17. The molecular weight excluding hydrogens is 182 g/mol. The summed E-state index contributed by atoms with van der Waals surface area (Å²) in [6.07, 6.45) is 0.725. The molecule has 0 rings (SSSR count). The molecule has 0 bridgehead atoms. The fourth-order valence-corrected chi connectivity index (χ4v) is 1.39. The summed E-state index contributed by atoms with van der Waals surface area (Å²) in [4.78, 5) is 11.4. The molecule has 14 heavy (non-hydrogen) atoms. The van der Waals surface area contributed by atoms with Crippen molar-refractivity contribution in [3.05, 3.63) is 0 Å². The highest BCUT2D eigenvalue weighted by Gasteiger charge is 2.20. The summed E-state index contributed by atoms with van der Waals surface area (Å²) < 4.78 is 9.91. The van der Waals surface area contributed by atoms with Crippen molar-refractivity contribution in [1.82, 2.24) is 0 Å². The molecule has 0 amide bonds. The minimum absolute atomic E-state index is 0.194. The van der Waals surface area contributed by atoms with Crippen LogP contribution in [0.3, 0.4) is 0 Å². The van der Waals surface area contributed by atoms with E-state index in [1.54, 1.807) is 14.0 Å². The molecule has 4 heteroatoms. The molecule has 4 nitrogen and oxygen atoms in total. The van der Waals surface area contributed by atoms with Gasteiger partial charge in [0.05, 0.1) is 12.5 Å². The number of rotatable bonds is 7. The lowest BCUT2D eigenvalue weighted by molar-refractivity contribution is -0.148. The van der Waals surface area contributed by atoms with E-state index >= 15 is 0 Å². The predicted molar refractivity (Wildman–Crippen MR) is 54.8 cm³/mol. The Morgan fingerprint density at radius 1 is 1.50 bits per heavy atom. The van der Waals surface area contributed by atoms with Crippen LogP contribution in [0.25, 0.3) is 0 Å². The standard InChI is InChI=1S/C10H21NO3/c1-4-14-10(12)9(6-11)5-8(2)7-13-3/h8-9H,4-7,11H2,1-3H3. The van der Waals surface area contributed by atoms with Crippen molar-refractivity contribution in [2.45, 2.75) is 20.3 Å². The number of nitrogens with two attached hydrogens (primary N) is 1. The molecule has 2 unspecified atom stereocenters. The Morgan fingerprint density at radius 3 is 2.57 bits per heavy atom. The Balaban J connectivity index is 3.94. The number of carbonyl (C=O) groups excluding carboxylic acids is 1. The van der Waals surface area contributed by atoms with Crippen molar-refractivity contribution in [1.29, 1.82) is 0 Å². The molecule has 0 aromatic heterocycles. The minimum atomic E-state index is -0.196. The van der Waals surface area contributed by atoms with Gasteiger partial charge in [0.15, 0.2) is 0 Å². The summed E-state index contributed by atoms with van der Waals surface area (Å²) in [5.41, 5.74) is 5.51. The third kappa shape index (κ3) is 5.19. The first kappa shape index (κ1) is 13.4. The summed E-state index contributed by atoms with van der Waals surface area (Å²) in [6.45, 7) is 5.23. The van der Waals surface area contributed by atoms with Crippen LogP contribution in [0.15, 0.2) is 0 Å². The van der Waals surface area contributed by atoms with E-state index in [2.05, 4.69) is 0 Å². The van der Waals surface area contributed by atoms with Gasteiger partial charge in [-0.2, -0.15) is 0 Å². The predicted octanol–water partition coefficient (Wildman–Crippen LogP) is 0.797. The van der Waals surface area contributed by atoms with Crippen molar-refractivity contribution in [2.24, 2.45) is 17.6 Å². The summed E-state index contributed by atoms with van der Waals surface area (Å²) in [6, 6.07) is 0. The molecule has 2 atom stereocenters. The number of hydrogen-bond acceptors (Lipinski definition) is 4. The summed E-state index contributed by atoms with van der Waals surface area (Å²) in [5, 5.41) is 0. The molecule has 0 saturated carbocycles. The van der Waals surface area contributed by atoms with E-state index in [9.17, 15) is 4.79 Å². The van der Waals surface area contributed by atoms with Crippen LogP contribution in [0.5, 0.6) is 0 Å². The van der Waals surface area contributed by atoms with Gasteiger partial charge in [-0.25, -0.2) is 0 Å². The molecule has 0 radical (unpaired) electrons. The van der Waals surface area contributed by atoms with Crippen LogP contribution >= 0.6 is 0 Å². The van der Waals surface area contributed by atoms with Gasteiger partial charge < -0.3 is 15.2 Å². The van der Waals surface area contributed by atoms with Crippen LogP contribution in [0, 0.1) is 11.8 Å². The second-order valence-electron chi connectivity index (χ2n) is 3.48. The van der Waals surface area contributed by atoms with Gasteiger partial charge in [-0.3, -0.25) is 4.79 Å². The monoisotopic (exact) mass is 203 g/mol. The topological polar surface area (TPSA) is 61.5 Å². The highest BCUT2D eigenvalue weighted by Crippen LogP contribution is 2.13. The van der Waals surface area contributed by atoms with E-state index in [0.717, 1.165) is 6.42 Å². The second kappa shape index (κ2) is 7.76. The van der Waals surface area contributed by atoms with Gasteiger partial charge in [0.2, 0.25) is 0 Å². The van der Waals surface area contributed by atoms with E-state index < -0.39 is 0 Å². The van der Waals surface area contributed by atoms with Gasteiger partial charge in [0.1, 0.15) is 0 Å². The molecule has 0 aliphatic rings. The summed E-state index contributed by atoms with van der Waals surface area (Å²) in [7, 11) is 1.65. The van der Waals surface area contributed by atoms with Crippen LogP contribution in [0.4, 0.5) is 0 Å². The Bertz CT molecular complexity index is 161. The number of methoxy groups -OCH3 is 1. The van der Waals surface area contributed by atoms with E-state index in [4.69, 9.17) is 15.2 Å². The van der Waals surface area contributed by atoms with E-state index in [-0.39, 0.29) is 11.9 Å². The average Bonchev–Trinajstić information content (AvgIpc) is 2.15. The van der Waals surface area contributed by atoms with E-state index in [1.807, 2.05) is 6.92 Å². The highest BCUT2D eigenvalue weighted by molar-refractivity contribution is 5.72. The van der Waals surface area contributed by atoms with Crippen LogP contribution in [-0.4, -0.2) is 32.8 Å². The van der Waals surface area contributed by atoms with Crippen molar-refractivity contribution < 1.29 is 14.3 Å². The fraction of sp³-hybridized carbons (Fsp3) is 0.900. The van der Waals surface area contributed by atoms with Gasteiger partial charge in [-0.15, -0.1) is 0 Å². The van der Waals surface area contributed by atoms with Crippen molar-refractivity contribution in [3.8, 4) is 0 Å². The van der Waals surface area contributed by atoms with Gasteiger partial charge in [0, 0.05) is 20.3 Å². The van der Waals surface area contributed by atoms with Crippen molar-refractivity contribution in [3.63, 3.8) is 0 Å². The van der Waals surface area contributed by atoms with Gasteiger partial charge in [-0.1, -0.05) is 6.92 Å². The molecule has 0 aliphatic heterocycles. The van der Waals surface area contributed by atoms with Gasteiger partial charge in [0.25, 0.3) is 0 Å². The number of hydrogen-bond donors (Lipinski definition) is 1. The molecule has 0 fully saturated rings. The Labute approximate surface area is 85.8 Å². The molecule has 0 saturated heterocycles. The average molecular weight is 203 g/mol. The maximum absolute atomic E-state index is 11.4. The quantitative estimate of drug-likeness (QED) is 0.622. The zero-order chi connectivity index (χ0) is 11.0. The number of esters is 1. The molecule has 0 aromatic carbocycles. The maximum atomic E-state index is 11.4. The Hall–Kier alpha value is -0.610. The zero-order valence-electron chi connectivity index (χ0n) is 9.29. The minimum Gasteiger partial charge on any atom is -0.466 e. The molecule has 2 N–H and O–H groups in total. The number of ether oxygens (including phenoxy) is 2. The lowest BCUT2D eigenvalue weighted by Crippen LogP contribution is -2.28. The first-order valence-corrected chi connectivity index (χ1v) is 5.01. The Kier molecular flexibility index (Phi) is 7.42. The first-order valence-electron chi connectivity index (χ1n) is 5.01. The molecule has 0 spiro atoms. The SMILES string of the molecule is CCOC(=O)C(CN)CC(C)COC. The maximum Gasteiger partial charge on any atom is 0.310 e. The third-order valence-electron chi connectivity index (χ3n) is 2.04. The lowest BCUT2D eigenvalue weighted by atomic mass is 9.96. The third-order valence-corrected chi connectivity index (χ3v) is 2.04. The van der Waals surface area contributed by atoms with Crippen LogP contribution in [0.2, 0.25) is 0 Å². The van der Waals surface area contributed by atoms with Crippen LogP contribution < -0.4 is 5.73 Å². The summed E-state index contributed by atoms with van der Waals surface area (Å²) >= 11 is 0. The van der Waals surface area contributed by atoms with E-state index in [0.29, 0.717) is 25.7 Å². The molecule has 0 aliphatic carbocycles. The molecule has 0 aromatic rings. The van der Waals surface area contributed by atoms with E-state index in [1.165, 1.54) is 0 Å². The fourth-order valence-electron chi connectivity index (χ4n) is 1.39.